The molecule has 15 rings (SSSR count). The molecule has 0 saturated carbocycles. The van der Waals surface area contributed by atoms with Gasteiger partial charge >= 0.3 is 6.85 Å². The summed E-state index contributed by atoms with van der Waals surface area (Å²) in [7, 11) is 0. The molecule has 3 nitrogen and oxygen atoms in total. The summed E-state index contributed by atoms with van der Waals surface area (Å²) in [5.41, 5.74) is 27.7. The van der Waals surface area contributed by atoms with Crippen molar-refractivity contribution in [3.05, 3.63) is 198 Å². The molecule has 0 atom stereocenters. The summed E-state index contributed by atoms with van der Waals surface area (Å²) in [6, 6.07) is 64.5. The molecular weight excluding hydrogens is 848 g/mol. The molecule has 2 aromatic heterocycles. The molecule has 0 amide bonds. The predicted molar refractivity (Wildman–Crippen MR) is 296 cm³/mol. The third-order valence-electron chi connectivity index (χ3n) is 17.5. The number of furan rings is 1. The summed E-state index contributed by atoms with van der Waals surface area (Å²) < 4.78 is 9.99. The predicted octanol–water partition coefficient (Wildman–Crippen LogP) is 16.4. The lowest BCUT2D eigenvalue weighted by molar-refractivity contribution is 0.332. The van der Waals surface area contributed by atoms with Crippen LogP contribution in [0.3, 0.4) is 0 Å². The van der Waals surface area contributed by atoms with Crippen LogP contribution < -0.4 is 15.8 Å². The van der Waals surface area contributed by atoms with E-state index in [2.05, 4.69) is 228 Å². The highest BCUT2D eigenvalue weighted by Gasteiger charge is 2.50. The van der Waals surface area contributed by atoms with Gasteiger partial charge in [0.05, 0.1) is 5.69 Å². The molecule has 9 aromatic carbocycles. The third kappa shape index (κ3) is 5.16. The Morgan fingerprint density at radius 1 is 0.500 bits per heavy atom. The number of hydrogen-bond donors (Lipinski definition) is 0. The first-order chi connectivity index (χ1) is 33.9. The van der Waals surface area contributed by atoms with Gasteiger partial charge < -0.3 is 13.8 Å². The van der Waals surface area contributed by atoms with Gasteiger partial charge in [0.25, 0.3) is 0 Å². The summed E-state index contributed by atoms with van der Waals surface area (Å²) >= 11 is 0. The van der Waals surface area contributed by atoms with Gasteiger partial charge in [-0.3, -0.25) is 0 Å². The van der Waals surface area contributed by atoms with Crippen molar-refractivity contribution in [1.82, 2.24) is 4.48 Å². The van der Waals surface area contributed by atoms with Gasteiger partial charge in [0.15, 0.2) is 5.58 Å². The summed E-state index contributed by atoms with van der Waals surface area (Å²) in [6.07, 6.45) is 2.31. The Hall–Kier alpha value is -7.56. The van der Waals surface area contributed by atoms with E-state index in [1.54, 1.807) is 0 Å². The highest BCUT2D eigenvalue weighted by Crippen LogP contribution is 2.59. The number of rotatable bonds is 3. The standard InChI is InChI=1S/C66H53BN2O/c1-38-32-51-52(65(4,5)31-30-64(51,2)3)37-55(38)68-56-36-47-43-22-14-16-24-50(43)66(6,7)59(47)58-49-35-42(40-20-12-9-13-21-40)34-48-46-33-41(39-18-10-8-11-19-39)26-29-54(46)69(61(48)49)67(60(56)58)53-28-27-45-44-23-15-17-25-57(44)70-63(45)62(53)68/h8-29,32-37H,30-31H2,1-7H3. The highest BCUT2D eigenvalue weighted by atomic mass is 16.3. The normalized spacial score (nSPS) is 16.4. The van der Waals surface area contributed by atoms with Crippen LogP contribution in [0, 0.1) is 6.92 Å². The largest absolute Gasteiger partial charge is 0.454 e. The van der Waals surface area contributed by atoms with Gasteiger partial charge in [0.2, 0.25) is 0 Å². The second-order valence-corrected chi connectivity index (χ2v) is 22.7. The van der Waals surface area contributed by atoms with E-state index in [9.17, 15) is 0 Å². The second kappa shape index (κ2) is 13.6. The van der Waals surface area contributed by atoms with Crippen molar-refractivity contribution in [2.45, 2.75) is 77.6 Å². The summed E-state index contributed by atoms with van der Waals surface area (Å²) in [5, 5.41) is 4.84. The maximum absolute atomic E-state index is 7.26. The van der Waals surface area contributed by atoms with Crippen LogP contribution in [-0.4, -0.2) is 11.3 Å². The van der Waals surface area contributed by atoms with E-state index in [1.165, 1.54) is 123 Å². The van der Waals surface area contributed by atoms with Gasteiger partial charge in [0.1, 0.15) is 5.58 Å². The van der Waals surface area contributed by atoms with Crippen molar-refractivity contribution in [2.75, 3.05) is 4.90 Å². The van der Waals surface area contributed by atoms with E-state index in [0.29, 0.717) is 0 Å². The van der Waals surface area contributed by atoms with Crippen molar-refractivity contribution < 1.29 is 4.42 Å². The van der Waals surface area contributed by atoms with Crippen LogP contribution >= 0.6 is 0 Å². The zero-order valence-corrected chi connectivity index (χ0v) is 41.0. The lowest BCUT2D eigenvalue weighted by Gasteiger charge is -2.45. The van der Waals surface area contributed by atoms with Gasteiger partial charge in [-0.2, -0.15) is 0 Å². The maximum Gasteiger partial charge on any atom is 0.333 e. The molecule has 0 radical (unpaired) electrons. The van der Waals surface area contributed by atoms with Gasteiger partial charge in [-0.15, -0.1) is 0 Å². The van der Waals surface area contributed by atoms with Crippen LogP contribution in [0.4, 0.5) is 17.1 Å². The van der Waals surface area contributed by atoms with Crippen LogP contribution in [0.2, 0.25) is 0 Å². The molecule has 336 valence electrons. The number of fused-ring (bicyclic) bond motifs is 16. The molecule has 0 saturated heterocycles. The summed E-state index contributed by atoms with van der Waals surface area (Å²) in [4.78, 5) is 2.67. The van der Waals surface area contributed by atoms with Gasteiger partial charge in [-0.05, 0) is 151 Å². The monoisotopic (exact) mass is 900 g/mol. The first kappa shape index (κ1) is 40.3. The van der Waals surface area contributed by atoms with E-state index in [4.69, 9.17) is 4.42 Å². The topological polar surface area (TPSA) is 21.3 Å². The fourth-order valence-electron chi connectivity index (χ4n) is 13.9. The zero-order chi connectivity index (χ0) is 47.2. The summed E-state index contributed by atoms with van der Waals surface area (Å²) in [6.45, 7) is 16.9. The number of aryl methyl sites for hydroxylation is 1. The number of aromatic nitrogens is 1. The Kier molecular flexibility index (Phi) is 7.84. The molecular formula is C66H53BN2O. The van der Waals surface area contributed by atoms with Crippen LogP contribution in [0.15, 0.2) is 174 Å². The molecule has 0 fully saturated rings. The number of nitrogens with zero attached hydrogens (tertiary/aromatic N) is 2. The number of para-hydroxylation sites is 1. The summed E-state index contributed by atoms with van der Waals surface area (Å²) in [5.74, 6) is 0. The molecule has 0 unspecified atom stereocenters. The van der Waals surface area contributed by atoms with Crippen molar-refractivity contribution in [3.8, 4) is 44.5 Å². The molecule has 4 aliphatic rings. The van der Waals surface area contributed by atoms with Gasteiger partial charge in [-0.1, -0.05) is 169 Å². The van der Waals surface area contributed by atoms with Crippen molar-refractivity contribution in [2.24, 2.45) is 0 Å². The van der Waals surface area contributed by atoms with E-state index < -0.39 is 0 Å². The first-order valence-corrected chi connectivity index (χ1v) is 25.3. The van der Waals surface area contributed by atoms with E-state index in [1.807, 2.05) is 0 Å². The fourth-order valence-corrected chi connectivity index (χ4v) is 13.9. The first-order valence-electron chi connectivity index (χ1n) is 25.3. The zero-order valence-electron chi connectivity index (χ0n) is 41.0. The molecule has 0 bridgehead atoms. The van der Waals surface area contributed by atoms with Crippen LogP contribution in [-0.2, 0) is 16.2 Å². The number of benzene rings is 9. The van der Waals surface area contributed by atoms with E-state index in [-0.39, 0.29) is 23.1 Å². The quantitative estimate of drug-likeness (QED) is 0.165. The minimum Gasteiger partial charge on any atom is -0.454 e. The van der Waals surface area contributed by atoms with Crippen LogP contribution in [0.5, 0.6) is 0 Å². The fraction of sp³-hybridized carbons (Fsp3) is 0.182. The molecule has 11 aromatic rings. The lowest BCUT2D eigenvalue weighted by Crippen LogP contribution is -2.57. The lowest BCUT2D eigenvalue weighted by atomic mass is 9.44. The van der Waals surface area contributed by atoms with Crippen LogP contribution in [0.1, 0.15) is 82.2 Å². The average Bonchev–Trinajstić information content (AvgIpc) is 4.00. The molecule has 2 aliphatic carbocycles. The minimum atomic E-state index is -0.268. The van der Waals surface area contributed by atoms with Crippen molar-refractivity contribution >= 4 is 78.6 Å². The average molecular weight is 901 g/mol. The van der Waals surface area contributed by atoms with Crippen molar-refractivity contribution in [3.63, 3.8) is 0 Å². The van der Waals surface area contributed by atoms with E-state index >= 15 is 0 Å². The Morgan fingerprint density at radius 3 is 1.94 bits per heavy atom. The highest BCUT2D eigenvalue weighted by molar-refractivity contribution is 6.90. The molecule has 0 spiro atoms. The Morgan fingerprint density at radius 2 is 1.17 bits per heavy atom. The van der Waals surface area contributed by atoms with E-state index in [0.717, 1.165) is 34.0 Å². The third-order valence-corrected chi connectivity index (χ3v) is 17.5. The molecule has 2 aliphatic heterocycles. The number of anilines is 3. The van der Waals surface area contributed by atoms with Crippen molar-refractivity contribution in [1.29, 1.82) is 0 Å². The smallest absolute Gasteiger partial charge is 0.333 e. The Labute approximate surface area is 410 Å². The van der Waals surface area contributed by atoms with Gasteiger partial charge in [0, 0.05) is 54.9 Å². The Bertz CT molecular complexity index is 4110. The minimum absolute atomic E-state index is 0.0151. The molecule has 0 N–H and O–H groups in total. The number of hydrogen-bond acceptors (Lipinski definition) is 2. The van der Waals surface area contributed by atoms with Gasteiger partial charge in [-0.25, -0.2) is 0 Å². The maximum atomic E-state index is 7.26. The molecule has 4 heteroatoms. The van der Waals surface area contributed by atoms with Crippen LogP contribution in [0.25, 0.3) is 88.3 Å². The molecule has 4 heterocycles. The Balaban J connectivity index is 1.16. The SMILES string of the molecule is Cc1cc2c(cc1N1c3cc4c(c5c3B(c3ccc6c(oc7ccccc76)c31)n1c3ccc(-c6ccccc6)cc3c3cc(-c6ccccc6)cc-5c31)C(C)(C)c1ccccc1-4)C(C)(C)CCC2(C)C. The molecule has 70 heavy (non-hydrogen) atoms. The second-order valence-electron chi connectivity index (χ2n) is 22.7.